The molecule has 3 aromatic rings. The summed E-state index contributed by atoms with van der Waals surface area (Å²) in [5.41, 5.74) is -1.86. The van der Waals surface area contributed by atoms with Crippen molar-refractivity contribution < 1.29 is 31.4 Å². The first-order valence-electron chi connectivity index (χ1n) is 8.35. The summed E-state index contributed by atoms with van der Waals surface area (Å²) in [6.07, 6.45) is -4.75. The molecule has 0 bridgehead atoms. The molecule has 30 heavy (non-hydrogen) atoms. The third kappa shape index (κ3) is 4.30. The Morgan fingerprint density at radius 1 is 1.13 bits per heavy atom. The Morgan fingerprint density at radius 3 is 2.33 bits per heavy atom. The van der Waals surface area contributed by atoms with Gasteiger partial charge in [0.25, 0.3) is 5.56 Å². The number of rotatable bonds is 6. The van der Waals surface area contributed by atoms with Gasteiger partial charge in [-0.3, -0.25) is 9.35 Å². The maximum Gasteiger partial charge on any atom is 0.417 e. The highest BCUT2D eigenvalue weighted by molar-refractivity contribution is 7.77. The number of aromatic amines is 1. The average Bonchev–Trinajstić information content (AvgIpc) is 2.71. The predicted octanol–water partition coefficient (Wildman–Crippen LogP) is 2.85. The number of H-pyrrole nitrogens is 1. The number of nitrogens with one attached hydrogen (secondary N) is 2. The van der Waals surface area contributed by atoms with Gasteiger partial charge in [0.15, 0.2) is 11.5 Å². The van der Waals surface area contributed by atoms with Gasteiger partial charge >= 0.3 is 6.18 Å². The Kier molecular flexibility index (Phi) is 6.10. The van der Waals surface area contributed by atoms with Crippen molar-refractivity contribution in [2.24, 2.45) is 0 Å². The lowest BCUT2D eigenvalue weighted by Crippen LogP contribution is -2.17. The molecule has 0 amide bonds. The van der Waals surface area contributed by atoms with Crippen LogP contribution in [0.15, 0.2) is 35.1 Å². The molecule has 0 saturated heterocycles. The lowest BCUT2D eigenvalue weighted by Gasteiger charge is -2.16. The summed E-state index contributed by atoms with van der Waals surface area (Å²) in [6.45, 7) is -0.253. The Bertz CT molecular complexity index is 1180. The van der Waals surface area contributed by atoms with Gasteiger partial charge in [-0.2, -0.15) is 18.3 Å². The Morgan fingerprint density at radius 2 is 1.77 bits per heavy atom. The van der Waals surface area contributed by atoms with Crippen molar-refractivity contribution >= 4 is 22.0 Å². The number of alkyl halides is 3. The van der Waals surface area contributed by atoms with E-state index in [0.29, 0.717) is 0 Å². The molecule has 1 heterocycles. The molecule has 160 valence electrons. The molecule has 3 N–H and O–H groups in total. The summed E-state index contributed by atoms with van der Waals surface area (Å²) in [7, 11) is 2.73. The van der Waals surface area contributed by atoms with E-state index in [9.17, 15) is 22.2 Å². The van der Waals surface area contributed by atoms with E-state index in [-0.39, 0.29) is 45.6 Å². The summed E-state index contributed by atoms with van der Waals surface area (Å²) in [6, 6.07) is 6.16. The van der Waals surface area contributed by atoms with E-state index >= 15 is 0 Å². The summed E-state index contributed by atoms with van der Waals surface area (Å²) >= 11 is -2.37. The highest BCUT2D eigenvalue weighted by Crippen LogP contribution is 2.40. The zero-order valence-corrected chi connectivity index (χ0v) is 16.5. The number of hydrogen-bond donors (Lipinski definition) is 3. The van der Waals surface area contributed by atoms with Crippen LogP contribution >= 0.6 is 0 Å². The van der Waals surface area contributed by atoms with Gasteiger partial charge in [-0.25, -0.2) is 14.0 Å². The van der Waals surface area contributed by atoms with E-state index in [2.05, 4.69) is 14.9 Å². The molecule has 0 spiro atoms. The second kappa shape index (κ2) is 8.42. The van der Waals surface area contributed by atoms with Crippen molar-refractivity contribution in [2.75, 3.05) is 14.2 Å². The Labute approximate surface area is 170 Å². The molecular formula is C18H16F3N3O5S. The molecule has 1 aromatic heterocycles. The minimum atomic E-state index is -4.75. The van der Waals surface area contributed by atoms with Crippen LogP contribution in [0.2, 0.25) is 0 Å². The fourth-order valence-electron chi connectivity index (χ4n) is 2.98. The largest absolute Gasteiger partial charge is 0.493 e. The summed E-state index contributed by atoms with van der Waals surface area (Å²) < 4.78 is 73.4. The van der Waals surface area contributed by atoms with Crippen molar-refractivity contribution in [3.8, 4) is 22.8 Å². The van der Waals surface area contributed by atoms with Gasteiger partial charge in [0.1, 0.15) is 0 Å². The van der Waals surface area contributed by atoms with Gasteiger partial charge < -0.3 is 9.47 Å². The average molecular weight is 443 g/mol. The number of nitrogens with zero attached hydrogens (tertiary/aromatic N) is 1. The highest BCUT2D eigenvalue weighted by Gasteiger charge is 2.35. The van der Waals surface area contributed by atoms with Crippen molar-refractivity contribution in [3.05, 3.63) is 51.8 Å². The standard InChI is InChI=1S/C18H16F3N3O5S/c1-28-14-6-11-12(7-15(14)29-2)17(25)24-23-16(11)10-4-3-9(8-22-30(26)27)5-13(10)18(19,20)21/h3-7,22H,8H2,1-2H3,(H,24,25)(H,26,27). The first-order chi connectivity index (χ1) is 14.2. The number of fused-ring (bicyclic) bond motifs is 1. The lowest BCUT2D eigenvalue weighted by molar-refractivity contribution is -0.137. The number of methoxy groups -OCH3 is 2. The van der Waals surface area contributed by atoms with Crippen molar-refractivity contribution in [2.45, 2.75) is 12.7 Å². The summed E-state index contributed by atoms with van der Waals surface area (Å²) in [5.74, 6) is 0.459. The topological polar surface area (TPSA) is 114 Å². The maximum absolute atomic E-state index is 13.8. The maximum atomic E-state index is 13.8. The van der Waals surface area contributed by atoms with Crippen LogP contribution in [0.25, 0.3) is 22.0 Å². The predicted molar refractivity (Wildman–Crippen MR) is 104 cm³/mol. The number of aromatic nitrogens is 2. The Hall–Kier alpha value is -2.96. The van der Waals surface area contributed by atoms with Crippen LogP contribution in [0.1, 0.15) is 11.1 Å². The Balaban J connectivity index is 2.27. The molecule has 0 aliphatic heterocycles. The fourth-order valence-corrected chi connectivity index (χ4v) is 3.27. The van der Waals surface area contributed by atoms with E-state index in [1.165, 1.54) is 38.5 Å². The SMILES string of the molecule is COc1cc2c(-c3ccc(CNS(=O)O)cc3C(F)(F)F)n[nH]c(=O)c2cc1OC. The van der Waals surface area contributed by atoms with Crippen molar-refractivity contribution in [3.63, 3.8) is 0 Å². The van der Waals surface area contributed by atoms with Crippen LogP contribution < -0.4 is 19.8 Å². The monoisotopic (exact) mass is 443 g/mol. The first kappa shape index (κ1) is 21.7. The minimum Gasteiger partial charge on any atom is -0.493 e. The summed E-state index contributed by atoms with van der Waals surface area (Å²) in [5, 5.41) is 6.28. The van der Waals surface area contributed by atoms with Crippen LogP contribution in [-0.2, 0) is 24.0 Å². The zero-order valence-electron chi connectivity index (χ0n) is 15.7. The molecule has 1 unspecified atom stereocenters. The molecule has 0 fully saturated rings. The molecule has 8 nitrogen and oxygen atoms in total. The quantitative estimate of drug-likeness (QED) is 0.505. The molecular weight excluding hydrogens is 427 g/mol. The number of benzene rings is 2. The lowest BCUT2D eigenvalue weighted by atomic mass is 9.97. The molecule has 1 atom stereocenters. The van der Waals surface area contributed by atoms with Crippen LogP contribution in [0.4, 0.5) is 13.2 Å². The van der Waals surface area contributed by atoms with Crippen LogP contribution in [0.3, 0.4) is 0 Å². The fraction of sp³-hybridized carbons (Fsp3) is 0.222. The molecule has 3 rings (SSSR count). The van der Waals surface area contributed by atoms with Gasteiger partial charge in [0.2, 0.25) is 11.3 Å². The minimum absolute atomic E-state index is 0.0761. The van der Waals surface area contributed by atoms with E-state index in [0.717, 1.165) is 6.07 Å². The van der Waals surface area contributed by atoms with E-state index in [1.54, 1.807) is 0 Å². The van der Waals surface area contributed by atoms with Gasteiger partial charge in [0, 0.05) is 17.5 Å². The molecule has 12 heteroatoms. The zero-order chi connectivity index (χ0) is 22.1. The molecule has 0 aliphatic rings. The van der Waals surface area contributed by atoms with Gasteiger partial charge in [-0.05, 0) is 23.8 Å². The van der Waals surface area contributed by atoms with Crippen LogP contribution in [0.5, 0.6) is 11.5 Å². The third-order valence-electron chi connectivity index (χ3n) is 4.34. The number of ether oxygens (including phenoxy) is 2. The van der Waals surface area contributed by atoms with Gasteiger partial charge in [-0.1, -0.05) is 12.1 Å². The molecule has 2 aromatic carbocycles. The van der Waals surface area contributed by atoms with Gasteiger partial charge in [0.05, 0.1) is 30.9 Å². The molecule has 0 radical (unpaired) electrons. The van der Waals surface area contributed by atoms with Crippen molar-refractivity contribution in [1.29, 1.82) is 0 Å². The van der Waals surface area contributed by atoms with Crippen LogP contribution in [-0.4, -0.2) is 33.2 Å². The first-order valence-corrected chi connectivity index (χ1v) is 9.45. The number of hydrogen-bond acceptors (Lipinski definition) is 5. The normalized spacial score (nSPS) is 12.7. The smallest absolute Gasteiger partial charge is 0.417 e. The van der Waals surface area contributed by atoms with Gasteiger partial charge in [-0.15, -0.1) is 0 Å². The second-order valence-electron chi connectivity index (χ2n) is 6.10. The van der Waals surface area contributed by atoms with E-state index in [1.807, 2.05) is 0 Å². The second-order valence-corrected chi connectivity index (χ2v) is 6.89. The molecule has 0 saturated carbocycles. The van der Waals surface area contributed by atoms with Crippen molar-refractivity contribution in [1.82, 2.24) is 14.9 Å². The third-order valence-corrected chi connectivity index (χ3v) is 4.73. The summed E-state index contributed by atoms with van der Waals surface area (Å²) in [4.78, 5) is 12.2. The highest BCUT2D eigenvalue weighted by atomic mass is 32.2. The number of halogens is 3. The molecule has 0 aliphatic carbocycles. The van der Waals surface area contributed by atoms with E-state index in [4.69, 9.17) is 14.0 Å². The van der Waals surface area contributed by atoms with Crippen LogP contribution in [0, 0.1) is 0 Å². The van der Waals surface area contributed by atoms with E-state index < -0.39 is 28.6 Å².